The Morgan fingerprint density at radius 3 is 2.45 bits per heavy atom. The second kappa shape index (κ2) is 6.78. The molecule has 0 saturated heterocycles. The van der Waals surface area contributed by atoms with Crippen molar-refractivity contribution in [2.24, 2.45) is 0 Å². The quantitative estimate of drug-likeness (QED) is 0.650. The van der Waals surface area contributed by atoms with Gasteiger partial charge in [0.2, 0.25) is 0 Å². The summed E-state index contributed by atoms with van der Waals surface area (Å²) in [7, 11) is 1.75. The lowest BCUT2D eigenvalue weighted by molar-refractivity contribution is 0.0785. The summed E-state index contributed by atoms with van der Waals surface area (Å²) in [4.78, 5) is 13.9. The molecular weight excluding hydrogens is 408 g/mol. The summed E-state index contributed by atoms with van der Waals surface area (Å²) in [5, 5.41) is 0.996. The van der Waals surface area contributed by atoms with E-state index in [-0.39, 0.29) is 5.91 Å². The van der Waals surface area contributed by atoms with Gasteiger partial charge in [-0.2, -0.15) is 0 Å². The number of hydrogen-bond donors (Lipinski definition) is 0. The fourth-order valence-electron chi connectivity index (χ4n) is 1.81. The Labute approximate surface area is 141 Å². The molecule has 0 N–H and O–H groups in total. The molecule has 1 amide bonds. The van der Waals surface area contributed by atoms with E-state index in [0.29, 0.717) is 22.2 Å². The lowest BCUT2D eigenvalue weighted by Gasteiger charge is -2.18. The van der Waals surface area contributed by atoms with Gasteiger partial charge in [0.05, 0.1) is 10.0 Å². The monoisotopic (exact) mass is 419 g/mol. The Morgan fingerprint density at radius 2 is 1.80 bits per heavy atom. The molecule has 2 aromatic carbocycles. The predicted octanol–water partition coefficient (Wildman–Crippen LogP) is 4.87. The molecule has 104 valence electrons. The van der Waals surface area contributed by atoms with Crippen molar-refractivity contribution in [3.8, 4) is 0 Å². The molecule has 0 fully saturated rings. The van der Waals surface area contributed by atoms with Crippen molar-refractivity contribution < 1.29 is 4.79 Å². The zero-order valence-electron chi connectivity index (χ0n) is 10.7. The molecule has 0 aliphatic rings. The minimum Gasteiger partial charge on any atom is -0.337 e. The van der Waals surface area contributed by atoms with E-state index in [4.69, 9.17) is 23.2 Å². The second-order valence-electron chi connectivity index (χ2n) is 4.38. The number of benzene rings is 2. The first-order chi connectivity index (χ1) is 9.49. The second-order valence-corrected chi connectivity index (χ2v) is 6.41. The van der Waals surface area contributed by atoms with Crippen LogP contribution in [0.5, 0.6) is 0 Å². The van der Waals surface area contributed by atoms with E-state index < -0.39 is 0 Å². The summed E-state index contributed by atoms with van der Waals surface area (Å²) in [6.45, 7) is 0.421. The Kier molecular flexibility index (Phi) is 5.29. The smallest absolute Gasteiger partial charge is 0.253 e. The van der Waals surface area contributed by atoms with Crippen molar-refractivity contribution in [2.75, 3.05) is 7.05 Å². The molecule has 0 aromatic heterocycles. The Morgan fingerprint density at radius 1 is 1.15 bits per heavy atom. The maximum atomic E-state index is 12.3. The van der Waals surface area contributed by atoms with E-state index in [0.717, 1.165) is 9.13 Å². The van der Waals surface area contributed by atoms with Crippen molar-refractivity contribution in [3.63, 3.8) is 0 Å². The fraction of sp³-hybridized carbons (Fsp3) is 0.133. The molecule has 0 bridgehead atoms. The number of halogens is 3. The van der Waals surface area contributed by atoms with Crippen LogP contribution in [0.4, 0.5) is 0 Å². The average Bonchev–Trinajstić information content (AvgIpc) is 2.44. The highest BCUT2D eigenvalue weighted by molar-refractivity contribution is 14.1. The van der Waals surface area contributed by atoms with Gasteiger partial charge in [0, 0.05) is 22.7 Å². The van der Waals surface area contributed by atoms with Gasteiger partial charge in [-0.05, 0) is 58.5 Å². The van der Waals surface area contributed by atoms with Gasteiger partial charge >= 0.3 is 0 Å². The zero-order valence-corrected chi connectivity index (χ0v) is 14.4. The van der Waals surface area contributed by atoms with Gasteiger partial charge in [0.1, 0.15) is 0 Å². The first-order valence-corrected chi connectivity index (χ1v) is 7.76. The summed E-state index contributed by atoms with van der Waals surface area (Å²) in [5.41, 5.74) is 1.49. The first-order valence-electron chi connectivity index (χ1n) is 5.93. The molecule has 0 heterocycles. The summed E-state index contributed by atoms with van der Waals surface area (Å²) < 4.78 is 1.10. The van der Waals surface area contributed by atoms with E-state index in [2.05, 4.69) is 22.6 Å². The van der Waals surface area contributed by atoms with E-state index in [1.165, 1.54) is 0 Å². The molecule has 0 unspecified atom stereocenters. The Hall–Kier alpha value is -0.780. The number of amides is 1. The van der Waals surface area contributed by atoms with Gasteiger partial charge in [0.15, 0.2) is 0 Å². The summed E-state index contributed by atoms with van der Waals surface area (Å²) in [6, 6.07) is 12.9. The minimum atomic E-state index is -0.0440. The van der Waals surface area contributed by atoms with Crippen LogP contribution in [-0.2, 0) is 6.54 Å². The van der Waals surface area contributed by atoms with E-state index in [1.807, 2.05) is 36.4 Å². The minimum absolute atomic E-state index is 0.0440. The molecule has 0 spiro atoms. The van der Waals surface area contributed by atoms with Gasteiger partial charge in [-0.3, -0.25) is 4.79 Å². The molecule has 5 heteroatoms. The number of hydrogen-bond acceptors (Lipinski definition) is 1. The standard InChI is InChI=1S/C15H12Cl2INO/c1-19(9-11-3-2-4-13(16)14(11)17)15(20)10-5-7-12(18)8-6-10/h2-8H,9H2,1H3. The predicted molar refractivity (Wildman–Crippen MR) is 91.4 cm³/mol. The maximum absolute atomic E-state index is 12.3. The molecule has 0 saturated carbocycles. The van der Waals surface area contributed by atoms with Gasteiger partial charge < -0.3 is 4.90 Å². The lowest BCUT2D eigenvalue weighted by Crippen LogP contribution is -2.26. The van der Waals surface area contributed by atoms with Crippen LogP contribution in [0, 0.1) is 3.57 Å². The Bertz CT molecular complexity index is 628. The highest BCUT2D eigenvalue weighted by Gasteiger charge is 2.14. The van der Waals surface area contributed by atoms with Gasteiger partial charge in [-0.25, -0.2) is 0 Å². The van der Waals surface area contributed by atoms with Gasteiger partial charge in [-0.1, -0.05) is 35.3 Å². The SMILES string of the molecule is CN(Cc1cccc(Cl)c1Cl)C(=O)c1ccc(I)cc1. The van der Waals surface area contributed by atoms with Gasteiger partial charge in [-0.15, -0.1) is 0 Å². The van der Waals surface area contributed by atoms with Crippen LogP contribution in [0.2, 0.25) is 10.0 Å². The summed E-state index contributed by atoms with van der Waals surface area (Å²) in [6.07, 6.45) is 0. The van der Waals surface area contributed by atoms with Gasteiger partial charge in [0.25, 0.3) is 5.91 Å². The first kappa shape index (κ1) is 15.6. The van der Waals surface area contributed by atoms with E-state index in [9.17, 15) is 4.79 Å². The molecule has 0 radical (unpaired) electrons. The molecule has 0 aliphatic carbocycles. The number of rotatable bonds is 3. The van der Waals surface area contributed by atoms with Crippen LogP contribution in [0.1, 0.15) is 15.9 Å². The van der Waals surface area contributed by atoms with Crippen LogP contribution in [0.3, 0.4) is 0 Å². The van der Waals surface area contributed by atoms with Crippen LogP contribution < -0.4 is 0 Å². The summed E-state index contributed by atoms with van der Waals surface area (Å²) in [5.74, 6) is -0.0440. The lowest BCUT2D eigenvalue weighted by atomic mass is 10.1. The average molecular weight is 420 g/mol. The highest BCUT2D eigenvalue weighted by Crippen LogP contribution is 2.26. The zero-order chi connectivity index (χ0) is 14.7. The fourth-order valence-corrected chi connectivity index (χ4v) is 2.55. The van der Waals surface area contributed by atoms with Crippen molar-refractivity contribution in [1.82, 2.24) is 4.90 Å². The molecule has 2 rings (SSSR count). The van der Waals surface area contributed by atoms with E-state index >= 15 is 0 Å². The van der Waals surface area contributed by atoms with Crippen LogP contribution >= 0.6 is 45.8 Å². The van der Waals surface area contributed by atoms with Crippen molar-refractivity contribution in [1.29, 1.82) is 0 Å². The van der Waals surface area contributed by atoms with E-state index in [1.54, 1.807) is 18.0 Å². The Balaban J connectivity index is 2.15. The van der Waals surface area contributed by atoms with Crippen molar-refractivity contribution >= 4 is 51.7 Å². The maximum Gasteiger partial charge on any atom is 0.253 e. The number of carbonyl (C=O) groups is 1. The van der Waals surface area contributed by atoms with Crippen LogP contribution in [0.25, 0.3) is 0 Å². The third-order valence-electron chi connectivity index (χ3n) is 2.88. The highest BCUT2D eigenvalue weighted by atomic mass is 127. The topological polar surface area (TPSA) is 20.3 Å². The van der Waals surface area contributed by atoms with Crippen LogP contribution in [-0.4, -0.2) is 17.9 Å². The third-order valence-corrected chi connectivity index (χ3v) is 4.45. The molecule has 0 aliphatic heterocycles. The molecule has 20 heavy (non-hydrogen) atoms. The van der Waals surface area contributed by atoms with Crippen molar-refractivity contribution in [2.45, 2.75) is 6.54 Å². The molecular formula is C15H12Cl2INO. The number of nitrogens with zero attached hydrogens (tertiary/aromatic N) is 1. The largest absolute Gasteiger partial charge is 0.337 e. The third kappa shape index (κ3) is 3.65. The summed E-state index contributed by atoms with van der Waals surface area (Å²) >= 11 is 14.3. The molecule has 0 atom stereocenters. The molecule has 2 nitrogen and oxygen atoms in total. The number of carbonyl (C=O) groups excluding carboxylic acids is 1. The van der Waals surface area contributed by atoms with Crippen molar-refractivity contribution in [3.05, 3.63) is 67.2 Å². The van der Waals surface area contributed by atoms with Crippen LogP contribution in [0.15, 0.2) is 42.5 Å². The normalized spacial score (nSPS) is 10.4. The molecule has 2 aromatic rings.